The SMILES string of the molecule is CCCC(=O)c1ccc(/C(C)=C/c2cccc(-c3ccc(OC4(C)CCOCC4)c(C#N)c3)c2C)cc1. The zero-order valence-corrected chi connectivity index (χ0v) is 22.3. The summed E-state index contributed by atoms with van der Waals surface area (Å²) in [6, 6.07) is 22.3. The molecule has 4 nitrogen and oxygen atoms in total. The van der Waals surface area contributed by atoms with Crippen LogP contribution in [-0.2, 0) is 4.74 Å². The molecule has 0 radical (unpaired) electrons. The lowest BCUT2D eigenvalue weighted by Gasteiger charge is -2.34. The summed E-state index contributed by atoms with van der Waals surface area (Å²) >= 11 is 0. The molecule has 3 aromatic rings. The number of hydrogen-bond donors (Lipinski definition) is 0. The topological polar surface area (TPSA) is 59.3 Å². The first kappa shape index (κ1) is 26.4. The highest BCUT2D eigenvalue weighted by Gasteiger charge is 2.30. The lowest BCUT2D eigenvalue weighted by Crippen LogP contribution is -2.38. The average Bonchev–Trinajstić information content (AvgIpc) is 2.90. The van der Waals surface area contributed by atoms with Gasteiger partial charge < -0.3 is 9.47 Å². The number of ketones is 1. The number of Topliss-reactive ketones (excluding diaryl/α,β-unsaturated/α-hetero) is 1. The number of nitriles is 1. The Morgan fingerprint density at radius 2 is 1.78 bits per heavy atom. The van der Waals surface area contributed by atoms with Gasteiger partial charge in [0.2, 0.25) is 0 Å². The van der Waals surface area contributed by atoms with Crippen LogP contribution < -0.4 is 4.74 Å². The van der Waals surface area contributed by atoms with Crippen molar-refractivity contribution < 1.29 is 14.3 Å². The lowest BCUT2D eigenvalue weighted by atomic mass is 9.93. The van der Waals surface area contributed by atoms with Crippen LogP contribution in [0, 0.1) is 18.3 Å². The van der Waals surface area contributed by atoms with E-state index in [0.29, 0.717) is 30.9 Å². The molecule has 0 saturated carbocycles. The highest BCUT2D eigenvalue weighted by atomic mass is 16.5. The Balaban J connectivity index is 1.59. The van der Waals surface area contributed by atoms with Crippen molar-refractivity contribution in [3.63, 3.8) is 0 Å². The number of ether oxygens (including phenoxy) is 2. The molecule has 0 aromatic heterocycles. The monoisotopic (exact) mass is 493 g/mol. The molecule has 0 unspecified atom stereocenters. The molecular formula is C33H35NO3. The van der Waals surface area contributed by atoms with E-state index in [1.54, 1.807) is 0 Å². The summed E-state index contributed by atoms with van der Waals surface area (Å²) in [6.45, 7) is 9.66. The molecule has 3 aromatic carbocycles. The second-order valence-corrected chi connectivity index (χ2v) is 10.1. The fraction of sp³-hybridized carbons (Fsp3) is 0.333. The van der Waals surface area contributed by atoms with Gasteiger partial charge in [-0.3, -0.25) is 4.79 Å². The van der Waals surface area contributed by atoms with Gasteiger partial charge in [-0.05, 0) is 72.7 Å². The summed E-state index contributed by atoms with van der Waals surface area (Å²) in [5, 5.41) is 9.87. The fourth-order valence-corrected chi connectivity index (χ4v) is 4.77. The standard InChI is InChI=1S/C33H35NO3/c1-5-7-31(35)26-12-10-25(11-13-26)23(2)20-27-8-6-9-30(24(27)3)28-14-15-32(29(21-28)22-34)37-33(4)16-18-36-19-17-33/h6,8-15,20-21H,5,7,16-19H2,1-4H3/b23-20+. The molecule has 1 fully saturated rings. The molecule has 4 heteroatoms. The van der Waals surface area contributed by atoms with Crippen LogP contribution in [0.3, 0.4) is 0 Å². The molecule has 1 aliphatic heterocycles. The lowest BCUT2D eigenvalue weighted by molar-refractivity contribution is -0.0344. The Bertz CT molecular complexity index is 1340. The van der Waals surface area contributed by atoms with Gasteiger partial charge in [0.25, 0.3) is 0 Å². The van der Waals surface area contributed by atoms with Gasteiger partial charge in [0.1, 0.15) is 17.4 Å². The van der Waals surface area contributed by atoms with E-state index in [-0.39, 0.29) is 11.4 Å². The van der Waals surface area contributed by atoms with Crippen molar-refractivity contribution >= 4 is 17.4 Å². The zero-order chi connectivity index (χ0) is 26.4. The van der Waals surface area contributed by atoms with Crippen molar-refractivity contribution in [1.82, 2.24) is 0 Å². The van der Waals surface area contributed by atoms with Gasteiger partial charge in [-0.1, -0.05) is 61.5 Å². The van der Waals surface area contributed by atoms with Crippen molar-refractivity contribution in [3.05, 3.63) is 88.5 Å². The van der Waals surface area contributed by atoms with E-state index in [1.165, 1.54) is 0 Å². The molecule has 0 amide bonds. The van der Waals surface area contributed by atoms with Crippen molar-refractivity contribution in [2.24, 2.45) is 0 Å². The van der Waals surface area contributed by atoms with E-state index in [0.717, 1.165) is 58.2 Å². The first-order valence-electron chi connectivity index (χ1n) is 13.1. The number of benzene rings is 3. The Morgan fingerprint density at radius 3 is 2.46 bits per heavy atom. The van der Waals surface area contributed by atoms with Crippen LogP contribution >= 0.6 is 0 Å². The normalized spacial score (nSPS) is 15.2. The van der Waals surface area contributed by atoms with Gasteiger partial charge in [-0.2, -0.15) is 5.26 Å². The molecule has 0 N–H and O–H groups in total. The average molecular weight is 494 g/mol. The Labute approximate surface area is 220 Å². The third-order valence-electron chi connectivity index (χ3n) is 7.20. The summed E-state index contributed by atoms with van der Waals surface area (Å²) < 4.78 is 11.8. The Morgan fingerprint density at radius 1 is 1.08 bits per heavy atom. The minimum absolute atomic E-state index is 0.189. The van der Waals surface area contributed by atoms with Crippen molar-refractivity contribution in [3.8, 4) is 22.9 Å². The van der Waals surface area contributed by atoms with E-state index in [9.17, 15) is 10.1 Å². The minimum atomic E-state index is -0.314. The van der Waals surface area contributed by atoms with E-state index < -0.39 is 0 Å². The Kier molecular flexibility index (Phi) is 8.26. The quantitative estimate of drug-likeness (QED) is 0.235. The molecule has 1 saturated heterocycles. The van der Waals surface area contributed by atoms with Crippen molar-refractivity contribution in [2.45, 2.75) is 59.0 Å². The van der Waals surface area contributed by atoms with Crippen molar-refractivity contribution in [1.29, 1.82) is 5.26 Å². The van der Waals surface area contributed by atoms with E-state index in [2.05, 4.69) is 45.0 Å². The molecule has 0 bridgehead atoms. The first-order valence-corrected chi connectivity index (χ1v) is 13.1. The molecular weight excluding hydrogens is 458 g/mol. The Hall–Kier alpha value is -3.68. The fourth-order valence-electron chi connectivity index (χ4n) is 4.77. The maximum Gasteiger partial charge on any atom is 0.162 e. The molecule has 1 heterocycles. The van der Waals surface area contributed by atoms with Gasteiger partial charge >= 0.3 is 0 Å². The number of carbonyl (C=O) groups excluding carboxylic acids is 1. The number of nitrogens with zero attached hydrogens (tertiary/aromatic N) is 1. The molecule has 0 aliphatic carbocycles. The third kappa shape index (κ3) is 6.18. The van der Waals surface area contributed by atoms with Gasteiger partial charge in [-0.25, -0.2) is 0 Å². The first-order chi connectivity index (χ1) is 17.8. The summed E-state index contributed by atoms with van der Waals surface area (Å²) in [7, 11) is 0. The van der Waals surface area contributed by atoms with Gasteiger partial charge in [0.15, 0.2) is 5.78 Å². The maximum absolute atomic E-state index is 12.2. The highest BCUT2D eigenvalue weighted by Crippen LogP contribution is 2.34. The maximum atomic E-state index is 12.2. The van der Waals surface area contributed by atoms with Crippen LogP contribution in [-0.4, -0.2) is 24.6 Å². The van der Waals surface area contributed by atoms with Crippen LogP contribution in [0.25, 0.3) is 22.8 Å². The number of carbonyl (C=O) groups is 1. The van der Waals surface area contributed by atoms with Crippen LogP contribution in [0.2, 0.25) is 0 Å². The predicted molar refractivity (Wildman–Crippen MR) is 150 cm³/mol. The van der Waals surface area contributed by atoms with Crippen LogP contribution in [0.5, 0.6) is 5.75 Å². The molecule has 37 heavy (non-hydrogen) atoms. The molecule has 190 valence electrons. The second-order valence-electron chi connectivity index (χ2n) is 10.1. The predicted octanol–water partition coefficient (Wildman–Crippen LogP) is 8.02. The third-order valence-corrected chi connectivity index (χ3v) is 7.20. The smallest absolute Gasteiger partial charge is 0.162 e. The van der Waals surface area contributed by atoms with Crippen LogP contribution in [0.1, 0.15) is 79.1 Å². The largest absolute Gasteiger partial charge is 0.486 e. The van der Waals surface area contributed by atoms with Gasteiger partial charge in [0.05, 0.1) is 18.8 Å². The van der Waals surface area contributed by atoms with Crippen molar-refractivity contribution in [2.75, 3.05) is 13.2 Å². The zero-order valence-electron chi connectivity index (χ0n) is 22.3. The van der Waals surface area contributed by atoms with Crippen LogP contribution in [0.15, 0.2) is 60.7 Å². The van der Waals surface area contributed by atoms with Gasteiger partial charge in [-0.15, -0.1) is 0 Å². The van der Waals surface area contributed by atoms with E-state index >= 15 is 0 Å². The highest BCUT2D eigenvalue weighted by molar-refractivity contribution is 5.96. The number of rotatable bonds is 8. The van der Waals surface area contributed by atoms with E-state index in [1.807, 2.05) is 55.5 Å². The molecule has 0 spiro atoms. The molecule has 4 rings (SSSR count). The van der Waals surface area contributed by atoms with E-state index in [4.69, 9.17) is 9.47 Å². The van der Waals surface area contributed by atoms with Gasteiger partial charge in [0, 0.05) is 24.8 Å². The second kappa shape index (κ2) is 11.6. The number of hydrogen-bond acceptors (Lipinski definition) is 4. The van der Waals surface area contributed by atoms with Crippen LogP contribution in [0.4, 0.5) is 0 Å². The summed E-state index contributed by atoms with van der Waals surface area (Å²) in [6.07, 6.45) is 5.23. The minimum Gasteiger partial charge on any atom is -0.486 e. The molecule has 1 aliphatic rings. The number of allylic oxidation sites excluding steroid dienone is 1. The molecule has 0 atom stereocenters. The summed E-state index contributed by atoms with van der Waals surface area (Å²) in [5.74, 6) is 0.815. The summed E-state index contributed by atoms with van der Waals surface area (Å²) in [4.78, 5) is 12.2. The summed E-state index contributed by atoms with van der Waals surface area (Å²) in [5.41, 5.74) is 7.55.